The molecule has 0 heterocycles. The van der Waals surface area contributed by atoms with E-state index in [4.69, 9.17) is 0 Å². The van der Waals surface area contributed by atoms with Gasteiger partial charge in [0.15, 0.2) is 0 Å². The summed E-state index contributed by atoms with van der Waals surface area (Å²) in [7, 11) is 0. The van der Waals surface area contributed by atoms with Crippen molar-refractivity contribution in [2.75, 3.05) is 6.54 Å². The summed E-state index contributed by atoms with van der Waals surface area (Å²) in [4.78, 5) is 0. The van der Waals surface area contributed by atoms with E-state index in [9.17, 15) is 4.39 Å². The highest BCUT2D eigenvalue weighted by molar-refractivity contribution is 5.19. The maximum atomic E-state index is 12.7. The molecule has 0 spiro atoms. The highest BCUT2D eigenvalue weighted by Crippen LogP contribution is 2.13. The van der Waals surface area contributed by atoms with Crippen molar-refractivity contribution in [1.82, 2.24) is 5.32 Å². The second-order valence-corrected chi connectivity index (χ2v) is 4.57. The van der Waals surface area contributed by atoms with Crippen molar-refractivity contribution in [1.29, 1.82) is 0 Å². The first-order valence-corrected chi connectivity index (χ1v) is 6.26. The summed E-state index contributed by atoms with van der Waals surface area (Å²) in [6.07, 6.45) is 0. The van der Waals surface area contributed by atoms with Crippen LogP contribution in [0.5, 0.6) is 0 Å². The number of benzene rings is 2. The summed E-state index contributed by atoms with van der Waals surface area (Å²) >= 11 is 0. The Kier molecular flexibility index (Phi) is 4.48. The largest absolute Gasteiger partial charge is 0.312 e. The van der Waals surface area contributed by atoms with Crippen molar-refractivity contribution >= 4 is 0 Å². The normalized spacial score (nSPS) is 12.3. The fraction of sp³-hybridized carbons (Fsp3) is 0.250. The lowest BCUT2D eigenvalue weighted by Crippen LogP contribution is -2.19. The smallest absolute Gasteiger partial charge is 0.123 e. The molecule has 0 aromatic heterocycles. The number of halogens is 1. The number of hydrogen-bond acceptors (Lipinski definition) is 1. The molecule has 0 radical (unpaired) electrons. The van der Waals surface area contributed by atoms with Gasteiger partial charge in [-0.3, -0.25) is 0 Å². The Morgan fingerprint density at radius 1 is 1.00 bits per heavy atom. The van der Waals surface area contributed by atoms with E-state index in [1.54, 1.807) is 0 Å². The SMILES string of the molecule is C[C@H](CNCc1ccc(F)cc1)c1ccccc1. The van der Waals surface area contributed by atoms with Gasteiger partial charge in [0.2, 0.25) is 0 Å². The molecule has 2 aromatic rings. The van der Waals surface area contributed by atoms with Gasteiger partial charge in [-0.1, -0.05) is 49.4 Å². The van der Waals surface area contributed by atoms with Crippen molar-refractivity contribution in [3.8, 4) is 0 Å². The van der Waals surface area contributed by atoms with Crippen molar-refractivity contribution in [3.05, 3.63) is 71.5 Å². The molecular formula is C16H18FN. The fourth-order valence-corrected chi connectivity index (χ4v) is 1.93. The standard InChI is InChI=1S/C16H18FN/c1-13(15-5-3-2-4-6-15)11-18-12-14-7-9-16(17)10-8-14/h2-10,13,18H,11-12H2,1H3/t13-/m1/s1. The van der Waals surface area contributed by atoms with Gasteiger partial charge in [-0.15, -0.1) is 0 Å². The molecule has 0 amide bonds. The van der Waals surface area contributed by atoms with Crippen molar-refractivity contribution in [2.45, 2.75) is 19.4 Å². The minimum Gasteiger partial charge on any atom is -0.312 e. The van der Waals surface area contributed by atoms with Gasteiger partial charge in [0, 0.05) is 13.1 Å². The van der Waals surface area contributed by atoms with Crippen LogP contribution in [0.15, 0.2) is 54.6 Å². The molecule has 18 heavy (non-hydrogen) atoms. The summed E-state index contributed by atoms with van der Waals surface area (Å²) in [6.45, 7) is 3.89. The first kappa shape index (κ1) is 12.8. The van der Waals surface area contributed by atoms with Crippen molar-refractivity contribution in [3.63, 3.8) is 0 Å². The first-order valence-electron chi connectivity index (χ1n) is 6.26. The van der Waals surface area contributed by atoms with Crippen molar-refractivity contribution in [2.24, 2.45) is 0 Å². The Morgan fingerprint density at radius 3 is 2.33 bits per heavy atom. The highest BCUT2D eigenvalue weighted by Gasteiger charge is 2.03. The molecule has 1 atom stereocenters. The average Bonchev–Trinajstić information content (AvgIpc) is 2.42. The molecule has 1 N–H and O–H groups in total. The van der Waals surface area contributed by atoms with Gasteiger partial charge < -0.3 is 5.32 Å². The monoisotopic (exact) mass is 243 g/mol. The van der Waals surface area contributed by atoms with Crippen LogP contribution < -0.4 is 5.32 Å². The average molecular weight is 243 g/mol. The molecule has 0 unspecified atom stereocenters. The predicted molar refractivity (Wildman–Crippen MR) is 73.0 cm³/mol. The second kappa shape index (κ2) is 6.31. The quantitative estimate of drug-likeness (QED) is 0.844. The minimum absolute atomic E-state index is 0.184. The molecule has 0 aliphatic rings. The minimum atomic E-state index is -0.184. The van der Waals surface area contributed by atoms with Crippen molar-refractivity contribution < 1.29 is 4.39 Å². The third kappa shape index (κ3) is 3.67. The number of nitrogens with one attached hydrogen (secondary N) is 1. The summed E-state index contributed by atoms with van der Waals surface area (Å²) in [5.74, 6) is 0.294. The van der Waals surface area contributed by atoms with Gasteiger partial charge in [0.05, 0.1) is 0 Å². The van der Waals surface area contributed by atoms with Gasteiger partial charge in [0.25, 0.3) is 0 Å². The molecule has 0 bridgehead atoms. The molecule has 0 aliphatic heterocycles. The van der Waals surface area contributed by atoms with E-state index in [2.05, 4.69) is 36.5 Å². The van der Waals surface area contributed by atoms with E-state index in [0.29, 0.717) is 5.92 Å². The van der Waals surface area contributed by atoms with E-state index in [1.165, 1.54) is 17.7 Å². The van der Waals surface area contributed by atoms with Crippen LogP contribution in [0, 0.1) is 5.82 Å². The lowest BCUT2D eigenvalue weighted by Gasteiger charge is -2.13. The lowest BCUT2D eigenvalue weighted by molar-refractivity contribution is 0.609. The molecule has 2 heteroatoms. The highest BCUT2D eigenvalue weighted by atomic mass is 19.1. The lowest BCUT2D eigenvalue weighted by atomic mass is 10.0. The summed E-state index contributed by atoms with van der Waals surface area (Å²) in [5, 5.41) is 3.40. The van der Waals surface area contributed by atoms with Crippen LogP contribution in [0.4, 0.5) is 4.39 Å². The van der Waals surface area contributed by atoms with Gasteiger partial charge in [-0.2, -0.15) is 0 Å². The zero-order valence-electron chi connectivity index (χ0n) is 10.6. The third-order valence-corrected chi connectivity index (χ3v) is 3.06. The summed E-state index contributed by atoms with van der Waals surface area (Å²) in [6, 6.07) is 17.1. The molecule has 0 saturated heterocycles. The van der Waals surface area contributed by atoms with E-state index >= 15 is 0 Å². The zero-order valence-corrected chi connectivity index (χ0v) is 10.6. The molecule has 0 saturated carbocycles. The molecule has 1 nitrogen and oxygen atoms in total. The Morgan fingerprint density at radius 2 is 1.67 bits per heavy atom. The maximum Gasteiger partial charge on any atom is 0.123 e. The third-order valence-electron chi connectivity index (χ3n) is 3.06. The second-order valence-electron chi connectivity index (χ2n) is 4.57. The van der Waals surface area contributed by atoms with Gasteiger partial charge in [-0.05, 0) is 29.2 Å². The van der Waals surface area contributed by atoms with Crippen LogP contribution in [-0.2, 0) is 6.54 Å². The maximum absolute atomic E-state index is 12.7. The van der Waals surface area contributed by atoms with Gasteiger partial charge in [0.1, 0.15) is 5.82 Å². The predicted octanol–water partition coefficient (Wildman–Crippen LogP) is 3.72. The Bertz CT molecular complexity index is 464. The molecule has 0 aliphatic carbocycles. The van der Waals surface area contributed by atoms with E-state index in [-0.39, 0.29) is 5.82 Å². The van der Waals surface area contributed by atoms with Crippen LogP contribution in [0.2, 0.25) is 0 Å². The van der Waals surface area contributed by atoms with E-state index in [0.717, 1.165) is 18.7 Å². The summed E-state index contributed by atoms with van der Waals surface area (Å²) < 4.78 is 12.7. The van der Waals surface area contributed by atoms with Crippen LogP contribution in [0.25, 0.3) is 0 Å². The molecule has 94 valence electrons. The van der Waals surface area contributed by atoms with E-state index < -0.39 is 0 Å². The molecular weight excluding hydrogens is 225 g/mol. The summed E-state index contributed by atoms with van der Waals surface area (Å²) in [5.41, 5.74) is 2.45. The molecule has 2 aromatic carbocycles. The number of rotatable bonds is 5. The van der Waals surface area contributed by atoms with E-state index in [1.807, 2.05) is 18.2 Å². The van der Waals surface area contributed by atoms with Crippen LogP contribution in [0.1, 0.15) is 24.0 Å². The van der Waals surface area contributed by atoms with Crippen LogP contribution in [-0.4, -0.2) is 6.54 Å². The molecule has 0 fully saturated rings. The van der Waals surface area contributed by atoms with Crippen LogP contribution >= 0.6 is 0 Å². The van der Waals surface area contributed by atoms with Gasteiger partial charge >= 0.3 is 0 Å². The Labute approximate surface area is 108 Å². The number of hydrogen-bond donors (Lipinski definition) is 1. The Hall–Kier alpha value is -1.67. The van der Waals surface area contributed by atoms with Crippen LogP contribution in [0.3, 0.4) is 0 Å². The first-order chi connectivity index (χ1) is 8.75. The zero-order chi connectivity index (χ0) is 12.8. The van der Waals surface area contributed by atoms with Gasteiger partial charge in [-0.25, -0.2) is 4.39 Å². The fourth-order valence-electron chi connectivity index (χ4n) is 1.93. The Balaban J connectivity index is 1.80. The molecule has 2 rings (SSSR count). The topological polar surface area (TPSA) is 12.0 Å².